The van der Waals surface area contributed by atoms with E-state index in [9.17, 15) is 4.79 Å². The highest BCUT2D eigenvalue weighted by atomic mass is 35.5. The standard InChI is InChI=1S/C28H25ClN4O/c1-18-10-21(12-23(29)11-18)19-8-9-25(22-15-31-32(2)17-22)26(14-19)28(34)30-16-24-13-20-6-4-5-7-27(20)33(24)3/h4-15,17H,16H2,1-3H3,(H,30,34). The summed E-state index contributed by atoms with van der Waals surface area (Å²) in [6.45, 7) is 2.44. The van der Waals surface area contributed by atoms with Crippen LogP contribution in [0.4, 0.5) is 0 Å². The topological polar surface area (TPSA) is 51.9 Å². The molecule has 170 valence electrons. The third-order valence-electron chi connectivity index (χ3n) is 6.14. The monoisotopic (exact) mass is 468 g/mol. The Bertz CT molecular complexity index is 1510. The van der Waals surface area contributed by atoms with Crippen LogP contribution in [0.5, 0.6) is 0 Å². The Morgan fingerprint density at radius 1 is 0.971 bits per heavy atom. The zero-order valence-electron chi connectivity index (χ0n) is 19.3. The molecule has 1 N–H and O–H groups in total. The molecule has 0 saturated heterocycles. The lowest BCUT2D eigenvalue weighted by Gasteiger charge is -2.13. The van der Waals surface area contributed by atoms with E-state index in [0.717, 1.165) is 44.4 Å². The maximum Gasteiger partial charge on any atom is 0.252 e. The van der Waals surface area contributed by atoms with Gasteiger partial charge in [-0.05, 0) is 64.9 Å². The van der Waals surface area contributed by atoms with Crippen LogP contribution in [0.15, 0.2) is 79.1 Å². The number of nitrogens with zero attached hydrogens (tertiary/aromatic N) is 3. The Hall–Kier alpha value is -3.83. The van der Waals surface area contributed by atoms with Crippen molar-refractivity contribution in [1.82, 2.24) is 19.7 Å². The first-order chi connectivity index (χ1) is 16.4. The first-order valence-electron chi connectivity index (χ1n) is 11.1. The zero-order valence-corrected chi connectivity index (χ0v) is 20.1. The summed E-state index contributed by atoms with van der Waals surface area (Å²) in [7, 11) is 3.89. The second-order valence-corrected chi connectivity index (χ2v) is 9.05. The lowest BCUT2D eigenvalue weighted by Crippen LogP contribution is -2.24. The van der Waals surface area contributed by atoms with Crippen LogP contribution in [0.3, 0.4) is 0 Å². The molecule has 5 aromatic rings. The van der Waals surface area contributed by atoms with Gasteiger partial charge in [0.25, 0.3) is 5.91 Å². The summed E-state index contributed by atoms with van der Waals surface area (Å²) in [6, 6.07) is 22.2. The number of aryl methyl sites for hydroxylation is 3. The summed E-state index contributed by atoms with van der Waals surface area (Å²) in [5, 5.41) is 9.24. The molecule has 6 heteroatoms. The first-order valence-corrected chi connectivity index (χ1v) is 11.5. The van der Waals surface area contributed by atoms with Crippen LogP contribution in [-0.2, 0) is 20.6 Å². The smallest absolute Gasteiger partial charge is 0.252 e. The quantitative estimate of drug-likeness (QED) is 0.337. The van der Waals surface area contributed by atoms with Crippen molar-refractivity contribution in [3.8, 4) is 22.3 Å². The van der Waals surface area contributed by atoms with Gasteiger partial charge < -0.3 is 9.88 Å². The minimum Gasteiger partial charge on any atom is -0.346 e. The van der Waals surface area contributed by atoms with E-state index in [4.69, 9.17) is 11.6 Å². The number of fused-ring (bicyclic) bond motifs is 1. The number of hydrogen-bond acceptors (Lipinski definition) is 2. The highest BCUT2D eigenvalue weighted by Gasteiger charge is 2.17. The molecular weight excluding hydrogens is 444 g/mol. The van der Waals surface area contributed by atoms with Gasteiger partial charge in [-0.25, -0.2) is 0 Å². The molecule has 0 saturated carbocycles. The Labute approximate surface area is 203 Å². The number of benzene rings is 3. The van der Waals surface area contributed by atoms with Crippen LogP contribution < -0.4 is 5.32 Å². The van der Waals surface area contributed by atoms with Crippen molar-refractivity contribution >= 4 is 28.4 Å². The Morgan fingerprint density at radius 3 is 2.53 bits per heavy atom. The second-order valence-electron chi connectivity index (χ2n) is 8.62. The van der Waals surface area contributed by atoms with Crippen molar-refractivity contribution in [3.05, 3.63) is 101 Å². The number of rotatable bonds is 5. The summed E-state index contributed by atoms with van der Waals surface area (Å²) >= 11 is 6.31. The Balaban J connectivity index is 1.51. The molecule has 0 atom stereocenters. The Kier molecular flexibility index (Phi) is 5.72. The highest BCUT2D eigenvalue weighted by Crippen LogP contribution is 2.31. The summed E-state index contributed by atoms with van der Waals surface area (Å²) in [5.74, 6) is -0.135. The van der Waals surface area contributed by atoms with Gasteiger partial charge in [-0.15, -0.1) is 0 Å². The molecule has 0 spiro atoms. The van der Waals surface area contributed by atoms with E-state index in [0.29, 0.717) is 17.1 Å². The molecule has 34 heavy (non-hydrogen) atoms. The molecule has 1 amide bonds. The normalized spacial score (nSPS) is 11.2. The third-order valence-corrected chi connectivity index (χ3v) is 6.35. The number of carbonyl (C=O) groups excluding carboxylic acids is 1. The zero-order chi connectivity index (χ0) is 23.8. The van der Waals surface area contributed by atoms with E-state index in [1.807, 2.05) is 69.7 Å². The fourth-order valence-corrected chi connectivity index (χ4v) is 4.70. The van der Waals surface area contributed by atoms with Crippen molar-refractivity contribution in [1.29, 1.82) is 0 Å². The fraction of sp³-hybridized carbons (Fsp3) is 0.143. The predicted molar refractivity (Wildman–Crippen MR) is 138 cm³/mol. The summed E-state index contributed by atoms with van der Waals surface area (Å²) in [4.78, 5) is 13.5. The van der Waals surface area contributed by atoms with E-state index >= 15 is 0 Å². The molecular formula is C28H25ClN4O. The van der Waals surface area contributed by atoms with Crippen LogP contribution >= 0.6 is 11.6 Å². The molecule has 0 aliphatic heterocycles. The molecule has 0 bridgehead atoms. The maximum absolute atomic E-state index is 13.5. The predicted octanol–water partition coefficient (Wildman–Crippen LogP) is 6.14. The van der Waals surface area contributed by atoms with E-state index < -0.39 is 0 Å². The van der Waals surface area contributed by atoms with Crippen LogP contribution in [0, 0.1) is 6.92 Å². The van der Waals surface area contributed by atoms with Crippen LogP contribution in [0.1, 0.15) is 21.6 Å². The van der Waals surface area contributed by atoms with Gasteiger partial charge in [0.1, 0.15) is 0 Å². The molecule has 0 unspecified atom stereocenters. The van der Waals surface area contributed by atoms with Crippen molar-refractivity contribution in [2.75, 3.05) is 0 Å². The minimum absolute atomic E-state index is 0.135. The molecule has 0 aliphatic carbocycles. The van der Waals surface area contributed by atoms with Crippen LogP contribution in [0.25, 0.3) is 33.2 Å². The van der Waals surface area contributed by atoms with Crippen molar-refractivity contribution in [2.24, 2.45) is 14.1 Å². The lowest BCUT2D eigenvalue weighted by atomic mass is 9.95. The molecule has 3 aromatic carbocycles. The molecule has 0 aliphatic rings. The van der Waals surface area contributed by atoms with E-state index in [-0.39, 0.29) is 5.91 Å². The number of carbonyl (C=O) groups is 1. The molecule has 5 rings (SSSR count). The fourth-order valence-electron chi connectivity index (χ4n) is 4.41. The molecule has 2 heterocycles. The average Bonchev–Trinajstić information content (AvgIpc) is 3.39. The van der Waals surface area contributed by atoms with Gasteiger partial charge in [0.2, 0.25) is 0 Å². The van der Waals surface area contributed by atoms with E-state index in [1.54, 1.807) is 10.9 Å². The molecule has 0 fully saturated rings. The van der Waals surface area contributed by atoms with Gasteiger partial charge in [-0.2, -0.15) is 5.10 Å². The van der Waals surface area contributed by atoms with E-state index in [1.165, 1.54) is 0 Å². The number of aromatic nitrogens is 3. The number of hydrogen-bond donors (Lipinski definition) is 1. The lowest BCUT2D eigenvalue weighted by molar-refractivity contribution is 0.0951. The second kappa shape index (κ2) is 8.84. The SMILES string of the molecule is Cc1cc(Cl)cc(-c2ccc(-c3cnn(C)c3)c(C(=O)NCc3cc4ccccc4n3C)c2)c1. The Morgan fingerprint density at radius 2 is 1.79 bits per heavy atom. The summed E-state index contributed by atoms with van der Waals surface area (Å²) in [5.41, 5.74) is 7.50. The highest BCUT2D eigenvalue weighted by molar-refractivity contribution is 6.31. The number of para-hydroxylation sites is 1. The molecule has 5 nitrogen and oxygen atoms in total. The molecule has 0 radical (unpaired) electrons. The van der Waals surface area contributed by atoms with Crippen molar-refractivity contribution in [3.63, 3.8) is 0 Å². The third kappa shape index (κ3) is 4.22. The van der Waals surface area contributed by atoms with Crippen molar-refractivity contribution in [2.45, 2.75) is 13.5 Å². The largest absolute Gasteiger partial charge is 0.346 e. The number of amides is 1. The van der Waals surface area contributed by atoms with E-state index in [2.05, 4.69) is 39.2 Å². The van der Waals surface area contributed by atoms with Crippen LogP contribution in [-0.4, -0.2) is 20.3 Å². The van der Waals surface area contributed by atoms with Gasteiger partial charge in [0.05, 0.1) is 12.7 Å². The summed E-state index contributed by atoms with van der Waals surface area (Å²) < 4.78 is 3.85. The van der Waals surface area contributed by atoms with Gasteiger partial charge in [0, 0.05) is 47.7 Å². The van der Waals surface area contributed by atoms with Gasteiger partial charge in [-0.1, -0.05) is 48.0 Å². The van der Waals surface area contributed by atoms with Gasteiger partial charge in [0.15, 0.2) is 0 Å². The van der Waals surface area contributed by atoms with Crippen LogP contribution in [0.2, 0.25) is 5.02 Å². The molecule has 2 aromatic heterocycles. The number of halogens is 1. The average molecular weight is 469 g/mol. The maximum atomic E-state index is 13.5. The summed E-state index contributed by atoms with van der Waals surface area (Å²) in [6.07, 6.45) is 3.69. The van der Waals surface area contributed by atoms with Gasteiger partial charge >= 0.3 is 0 Å². The first kappa shape index (κ1) is 22.0. The minimum atomic E-state index is -0.135. The van der Waals surface area contributed by atoms with Crippen molar-refractivity contribution < 1.29 is 4.79 Å². The van der Waals surface area contributed by atoms with Gasteiger partial charge in [-0.3, -0.25) is 9.48 Å². The number of nitrogens with one attached hydrogen (secondary N) is 1.